The zero-order valence-corrected chi connectivity index (χ0v) is 17.1. The van der Waals surface area contributed by atoms with Gasteiger partial charge in [-0.1, -0.05) is 42.1 Å². The molecule has 1 fully saturated rings. The van der Waals surface area contributed by atoms with Gasteiger partial charge in [0.25, 0.3) is 0 Å². The van der Waals surface area contributed by atoms with Gasteiger partial charge in [-0.2, -0.15) is 0 Å². The van der Waals surface area contributed by atoms with Gasteiger partial charge in [0.1, 0.15) is 0 Å². The molecule has 144 valence electrons. The van der Waals surface area contributed by atoms with E-state index in [0.29, 0.717) is 11.8 Å². The van der Waals surface area contributed by atoms with Crippen molar-refractivity contribution in [3.05, 3.63) is 52.9 Å². The Hall–Kier alpha value is -2.12. The van der Waals surface area contributed by atoms with Crippen molar-refractivity contribution in [3.8, 4) is 10.7 Å². The van der Waals surface area contributed by atoms with Crippen LogP contribution in [0.2, 0.25) is 0 Å². The Labute approximate surface area is 172 Å². The van der Waals surface area contributed by atoms with Crippen LogP contribution in [0.3, 0.4) is 0 Å². The minimum atomic E-state index is 0.0646. The van der Waals surface area contributed by atoms with Gasteiger partial charge in [0.05, 0.1) is 16.7 Å². The van der Waals surface area contributed by atoms with Gasteiger partial charge in [-0.05, 0) is 54.7 Å². The molecular formula is C21H22N4OS2. The molecule has 0 aliphatic heterocycles. The van der Waals surface area contributed by atoms with Crippen molar-refractivity contribution in [2.75, 3.05) is 5.75 Å². The van der Waals surface area contributed by atoms with Crippen LogP contribution in [-0.2, 0) is 11.2 Å². The number of hydrogen-bond donors (Lipinski definition) is 1. The monoisotopic (exact) mass is 410 g/mol. The number of aryl methyl sites for hydroxylation is 1. The summed E-state index contributed by atoms with van der Waals surface area (Å²) in [6, 6.07) is 13.2. The fraction of sp³-hybridized carbons (Fsp3) is 0.381. The van der Waals surface area contributed by atoms with Gasteiger partial charge in [-0.15, -0.1) is 21.5 Å². The van der Waals surface area contributed by atoms with Gasteiger partial charge in [-0.3, -0.25) is 9.36 Å². The lowest BCUT2D eigenvalue weighted by atomic mass is 9.88. The van der Waals surface area contributed by atoms with Crippen LogP contribution in [0.25, 0.3) is 10.7 Å². The highest BCUT2D eigenvalue weighted by atomic mass is 32.2. The minimum absolute atomic E-state index is 0.0646. The van der Waals surface area contributed by atoms with Crippen molar-refractivity contribution in [2.24, 2.45) is 0 Å². The third-order valence-electron chi connectivity index (χ3n) is 5.36. The standard InChI is InChI=1S/C21H22N4OS2/c26-19(22-17-8-3-6-14-5-1-2-7-16(14)17)13-28-21-24-23-20(18-9-4-12-27-18)25(21)15-10-11-15/h1-2,4-5,7,9,12,15,17H,3,6,8,10-11,13H2,(H,22,26). The summed E-state index contributed by atoms with van der Waals surface area (Å²) in [6.45, 7) is 0. The van der Waals surface area contributed by atoms with E-state index in [0.717, 1.165) is 48.0 Å². The molecule has 0 saturated heterocycles. The van der Waals surface area contributed by atoms with Gasteiger partial charge in [-0.25, -0.2) is 0 Å². The van der Waals surface area contributed by atoms with E-state index in [-0.39, 0.29) is 11.9 Å². The number of hydrogen-bond acceptors (Lipinski definition) is 5. The van der Waals surface area contributed by atoms with E-state index < -0.39 is 0 Å². The molecule has 1 amide bonds. The Morgan fingerprint density at radius 3 is 2.89 bits per heavy atom. The lowest BCUT2D eigenvalue weighted by molar-refractivity contribution is -0.119. The molecule has 2 aliphatic carbocycles. The Kier molecular flexibility index (Phi) is 4.94. The van der Waals surface area contributed by atoms with Crippen LogP contribution < -0.4 is 5.32 Å². The Bertz CT molecular complexity index is 978. The third kappa shape index (κ3) is 3.61. The van der Waals surface area contributed by atoms with E-state index in [2.05, 4.69) is 55.8 Å². The number of benzene rings is 1. The molecule has 2 aliphatic rings. The summed E-state index contributed by atoms with van der Waals surface area (Å²) in [5.74, 6) is 1.37. The largest absolute Gasteiger partial charge is 0.349 e. The zero-order valence-electron chi connectivity index (χ0n) is 15.5. The third-order valence-corrected chi connectivity index (χ3v) is 7.16. The van der Waals surface area contributed by atoms with Crippen LogP contribution in [-0.4, -0.2) is 26.4 Å². The van der Waals surface area contributed by atoms with Crippen molar-refractivity contribution < 1.29 is 4.79 Å². The molecule has 3 aromatic rings. The van der Waals surface area contributed by atoms with Crippen molar-refractivity contribution in [1.82, 2.24) is 20.1 Å². The number of nitrogens with zero attached hydrogens (tertiary/aromatic N) is 3. The van der Waals surface area contributed by atoms with E-state index in [4.69, 9.17) is 0 Å². The van der Waals surface area contributed by atoms with Crippen LogP contribution in [0.1, 0.15) is 48.9 Å². The highest BCUT2D eigenvalue weighted by molar-refractivity contribution is 7.99. The van der Waals surface area contributed by atoms with E-state index in [9.17, 15) is 4.79 Å². The molecule has 5 rings (SSSR count). The first-order valence-corrected chi connectivity index (χ1v) is 11.6. The number of aromatic nitrogens is 3. The second kappa shape index (κ2) is 7.72. The van der Waals surface area contributed by atoms with Crippen molar-refractivity contribution in [2.45, 2.75) is 49.3 Å². The van der Waals surface area contributed by atoms with Crippen LogP contribution in [0.15, 0.2) is 46.9 Å². The van der Waals surface area contributed by atoms with E-state index in [1.807, 2.05) is 6.07 Å². The molecule has 1 unspecified atom stereocenters. The van der Waals surface area contributed by atoms with Crippen LogP contribution in [0.5, 0.6) is 0 Å². The second-order valence-corrected chi connectivity index (χ2v) is 9.27. The smallest absolute Gasteiger partial charge is 0.230 e. The van der Waals surface area contributed by atoms with Gasteiger partial charge < -0.3 is 5.32 Å². The van der Waals surface area contributed by atoms with Gasteiger partial charge in [0, 0.05) is 6.04 Å². The SMILES string of the molecule is O=C(CSc1nnc(-c2cccs2)n1C1CC1)NC1CCCc2ccccc21. The molecule has 1 saturated carbocycles. The quantitative estimate of drug-likeness (QED) is 0.602. The topological polar surface area (TPSA) is 59.8 Å². The fourth-order valence-electron chi connectivity index (χ4n) is 3.88. The predicted molar refractivity (Wildman–Crippen MR) is 113 cm³/mol. The van der Waals surface area contributed by atoms with Gasteiger partial charge >= 0.3 is 0 Å². The van der Waals surface area contributed by atoms with E-state index >= 15 is 0 Å². The molecule has 1 aromatic carbocycles. The van der Waals surface area contributed by atoms with Crippen LogP contribution in [0, 0.1) is 0 Å². The number of thiophene rings is 1. The molecule has 1 atom stereocenters. The maximum Gasteiger partial charge on any atom is 0.230 e. The first kappa shape index (κ1) is 17.9. The summed E-state index contributed by atoms with van der Waals surface area (Å²) in [6.07, 6.45) is 5.56. The summed E-state index contributed by atoms with van der Waals surface area (Å²) >= 11 is 3.17. The molecule has 1 N–H and O–H groups in total. The number of thioether (sulfide) groups is 1. The molecule has 2 heterocycles. The molecule has 0 spiro atoms. The summed E-state index contributed by atoms with van der Waals surface area (Å²) in [4.78, 5) is 13.8. The lowest BCUT2D eigenvalue weighted by Gasteiger charge is -2.26. The molecule has 0 bridgehead atoms. The van der Waals surface area contributed by atoms with E-state index in [1.165, 1.54) is 22.9 Å². The number of nitrogens with one attached hydrogen (secondary N) is 1. The highest BCUT2D eigenvalue weighted by Crippen LogP contribution is 2.41. The first-order chi connectivity index (χ1) is 13.8. The fourth-order valence-corrected chi connectivity index (χ4v) is 5.40. The Balaban J connectivity index is 1.27. The average molecular weight is 411 g/mol. The number of carbonyl (C=O) groups excluding carboxylic acids is 1. The van der Waals surface area contributed by atoms with Crippen LogP contribution in [0.4, 0.5) is 0 Å². The average Bonchev–Trinajstić information content (AvgIpc) is 3.24. The maximum atomic E-state index is 12.6. The number of rotatable bonds is 6. The zero-order chi connectivity index (χ0) is 18.9. The molecule has 0 radical (unpaired) electrons. The summed E-state index contributed by atoms with van der Waals surface area (Å²) in [5, 5.41) is 14.9. The van der Waals surface area contributed by atoms with Crippen LogP contribution >= 0.6 is 23.1 Å². The summed E-state index contributed by atoms with van der Waals surface area (Å²) < 4.78 is 2.22. The number of carbonyl (C=O) groups is 1. The van der Waals surface area contributed by atoms with Gasteiger partial charge in [0.2, 0.25) is 5.91 Å². The molecular weight excluding hydrogens is 388 g/mol. The lowest BCUT2D eigenvalue weighted by Crippen LogP contribution is -2.32. The first-order valence-electron chi connectivity index (χ1n) is 9.78. The molecule has 5 nitrogen and oxygen atoms in total. The Morgan fingerprint density at radius 1 is 1.18 bits per heavy atom. The van der Waals surface area contributed by atoms with Crippen molar-refractivity contribution in [3.63, 3.8) is 0 Å². The second-order valence-electron chi connectivity index (χ2n) is 7.38. The van der Waals surface area contributed by atoms with Crippen molar-refractivity contribution >= 4 is 29.0 Å². The number of fused-ring (bicyclic) bond motifs is 1. The maximum absolute atomic E-state index is 12.6. The summed E-state index contributed by atoms with van der Waals surface area (Å²) in [7, 11) is 0. The predicted octanol–water partition coefficient (Wildman–Crippen LogP) is 4.63. The normalized spacial score (nSPS) is 18.6. The van der Waals surface area contributed by atoms with E-state index in [1.54, 1.807) is 11.3 Å². The van der Waals surface area contributed by atoms with Gasteiger partial charge in [0.15, 0.2) is 11.0 Å². The molecule has 2 aromatic heterocycles. The molecule has 7 heteroatoms. The number of amides is 1. The minimum Gasteiger partial charge on any atom is -0.349 e. The van der Waals surface area contributed by atoms with Crippen molar-refractivity contribution in [1.29, 1.82) is 0 Å². The summed E-state index contributed by atoms with van der Waals surface area (Å²) in [5.41, 5.74) is 2.63. The Morgan fingerprint density at radius 2 is 2.07 bits per heavy atom. The molecule has 28 heavy (non-hydrogen) atoms. The highest BCUT2D eigenvalue weighted by Gasteiger charge is 2.31.